The minimum atomic E-state index is 0.262. The van der Waals surface area contributed by atoms with E-state index < -0.39 is 0 Å². The van der Waals surface area contributed by atoms with Gasteiger partial charge in [-0.15, -0.1) is 0 Å². The van der Waals surface area contributed by atoms with Gasteiger partial charge in [-0.1, -0.05) is 54.6 Å². The molecule has 3 heteroatoms. The number of aliphatic imine (C=N–C) groups is 1. The first kappa shape index (κ1) is 15.7. The second-order valence-corrected chi connectivity index (χ2v) is 6.51. The lowest BCUT2D eigenvalue weighted by Crippen LogP contribution is -2.36. The van der Waals surface area contributed by atoms with E-state index in [2.05, 4.69) is 59.5 Å². The molecule has 0 saturated heterocycles. The van der Waals surface area contributed by atoms with Crippen LogP contribution in [0.25, 0.3) is 0 Å². The number of hydrogen-bond donors (Lipinski definition) is 1. The number of nitrogens with zero attached hydrogens (tertiary/aromatic N) is 2. The third kappa shape index (κ3) is 3.22. The molecule has 1 aliphatic carbocycles. The third-order valence-electron chi connectivity index (χ3n) is 4.90. The van der Waals surface area contributed by atoms with Crippen LogP contribution in [0.2, 0.25) is 0 Å². The smallest absolute Gasteiger partial charge is 0.131 e. The van der Waals surface area contributed by atoms with Crippen molar-refractivity contribution in [2.45, 2.75) is 12.5 Å². The molecule has 2 atom stereocenters. The standard InChI is InChI=1S/C22H22N2O/c25-20-13-11-19(12-14-20)22-23-15-16-24(22)21(17-7-3-1-4-8-17)18-9-5-2-6-10-18/h1-9,11-14,18,21,25H,10,15-16H2. The molecule has 2 aromatic carbocycles. The molecule has 1 N–H and O–H groups in total. The Morgan fingerprint density at radius 3 is 2.52 bits per heavy atom. The predicted molar refractivity (Wildman–Crippen MR) is 102 cm³/mol. The van der Waals surface area contributed by atoms with Crippen LogP contribution in [0.5, 0.6) is 5.75 Å². The monoisotopic (exact) mass is 330 g/mol. The molecule has 0 bridgehead atoms. The first-order valence-corrected chi connectivity index (χ1v) is 8.82. The van der Waals surface area contributed by atoms with Gasteiger partial charge in [-0.2, -0.15) is 0 Å². The lowest BCUT2D eigenvalue weighted by molar-refractivity contribution is 0.277. The molecular weight excluding hydrogens is 308 g/mol. The predicted octanol–water partition coefficient (Wildman–Crippen LogP) is 4.33. The van der Waals surface area contributed by atoms with E-state index in [1.165, 1.54) is 5.56 Å². The molecule has 126 valence electrons. The van der Waals surface area contributed by atoms with Crippen molar-refractivity contribution in [3.63, 3.8) is 0 Å². The van der Waals surface area contributed by atoms with Crippen molar-refractivity contribution in [2.24, 2.45) is 10.9 Å². The number of phenols is 1. The third-order valence-corrected chi connectivity index (χ3v) is 4.90. The Morgan fingerprint density at radius 1 is 1.00 bits per heavy atom. The van der Waals surface area contributed by atoms with E-state index in [0.29, 0.717) is 5.92 Å². The van der Waals surface area contributed by atoms with Gasteiger partial charge in [0.25, 0.3) is 0 Å². The minimum Gasteiger partial charge on any atom is -0.508 e. The molecule has 4 rings (SSSR count). The van der Waals surface area contributed by atoms with Gasteiger partial charge in [0.1, 0.15) is 11.6 Å². The zero-order valence-electron chi connectivity index (χ0n) is 14.1. The number of rotatable bonds is 4. The summed E-state index contributed by atoms with van der Waals surface area (Å²) in [5.74, 6) is 1.73. The minimum absolute atomic E-state index is 0.262. The number of benzene rings is 2. The van der Waals surface area contributed by atoms with Gasteiger partial charge in [0, 0.05) is 18.0 Å². The molecule has 0 spiro atoms. The van der Waals surface area contributed by atoms with Crippen LogP contribution in [0.3, 0.4) is 0 Å². The van der Waals surface area contributed by atoms with Crippen LogP contribution in [0.15, 0.2) is 83.9 Å². The second kappa shape index (κ2) is 6.98. The Hall–Kier alpha value is -2.81. The SMILES string of the molecule is Oc1ccc(C2=NCCN2C(c2ccccc2)C2C=CC=CC2)cc1. The van der Waals surface area contributed by atoms with Crippen LogP contribution >= 0.6 is 0 Å². The summed E-state index contributed by atoms with van der Waals surface area (Å²) in [6.45, 7) is 1.73. The van der Waals surface area contributed by atoms with Crippen molar-refractivity contribution in [3.05, 3.63) is 90.0 Å². The summed E-state index contributed by atoms with van der Waals surface area (Å²) >= 11 is 0. The number of aromatic hydroxyl groups is 1. The average molecular weight is 330 g/mol. The normalized spacial score (nSPS) is 20.6. The summed E-state index contributed by atoms with van der Waals surface area (Å²) < 4.78 is 0. The second-order valence-electron chi connectivity index (χ2n) is 6.51. The van der Waals surface area contributed by atoms with E-state index >= 15 is 0 Å². The first-order chi connectivity index (χ1) is 12.3. The highest BCUT2D eigenvalue weighted by Crippen LogP contribution is 2.36. The van der Waals surface area contributed by atoms with E-state index in [-0.39, 0.29) is 11.8 Å². The molecule has 25 heavy (non-hydrogen) atoms. The molecular formula is C22H22N2O. The summed E-state index contributed by atoms with van der Waals surface area (Å²) in [7, 11) is 0. The zero-order chi connectivity index (χ0) is 17.1. The fourth-order valence-electron chi connectivity index (χ4n) is 3.74. The van der Waals surface area contributed by atoms with Gasteiger partial charge in [0.2, 0.25) is 0 Å². The maximum atomic E-state index is 9.59. The highest BCUT2D eigenvalue weighted by atomic mass is 16.3. The Labute approximate surface area is 148 Å². The Morgan fingerprint density at radius 2 is 1.80 bits per heavy atom. The van der Waals surface area contributed by atoms with Gasteiger partial charge in [0.15, 0.2) is 0 Å². The van der Waals surface area contributed by atoms with Crippen molar-refractivity contribution < 1.29 is 5.11 Å². The van der Waals surface area contributed by atoms with Gasteiger partial charge in [-0.3, -0.25) is 4.99 Å². The van der Waals surface area contributed by atoms with Gasteiger partial charge < -0.3 is 10.0 Å². The number of phenolic OH excluding ortho intramolecular Hbond substituents is 1. The van der Waals surface area contributed by atoms with E-state index in [9.17, 15) is 5.11 Å². The summed E-state index contributed by atoms with van der Waals surface area (Å²) in [5.41, 5.74) is 2.38. The summed E-state index contributed by atoms with van der Waals surface area (Å²) in [4.78, 5) is 7.20. The summed E-state index contributed by atoms with van der Waals surface area (Å²) in [6.07, 6.45) is 9.86. The first-order valence-electron chi connectivity index (χ1n) is 8.82. The molecule has 2 aliphatic rings. The zero-order valence-corrected chi connectivity index (χ0v) is 14.1. The summed E-state index contributed by atoms with van der Waals surface area (Å²) in [6, 6.07) is 18.3. The van der Waals surface area contributed by atoms with Crippen LogP contribution in [0.4, 0.5) is 0 Å². The van der Waals surface area contributed by atoms with Crippen LogP contribution in [-0.4, -0.2) is 28.9 Å². The van der Waals surface area contributed by atoms with Gasteiger partial charge in [-0.05, 0) is 36.2 Å². The summed E-state index contributed by atoms with van der Waals surface area (Å²) in [5, 5.41) is 9.59. The quantitative estimate of drug-likeness (QED) is 0.906. The van der Waals surface area contributed by atoms with Gasteiger partial charge in [0.05, 0.1) is 12.6 Å². The van der Waals surface area contributed by atoms with Crippen molar-refractivity contribution in [2.75, 3.05) is 13.1 Å². The highest BCUT2D eigenvalue weighted by molar-refractivity contribution is 6.00. The molecule has 0 aromatic heterocycles. The molecule has 0 radical (unpaired) electrons. The molecule has 2 unspecified atom stereocenters. The van der Waals surface area contributed by atoms with Crippen molar-refractivity contribution in [3.8, 4) is 5.75 Å². The fraction of sp³-hybridized carbons (Fsp3) is 0.227. The molecule has 0 fully saturated rings. The Balaban J connectivity index is 1.71. The Bertz CT molecular complexity index is 806. The van der Waals surface area contributed by atoms with Crippen LogP contribution in [-0.2, 0) is 0 Å². The van der Waals surface area contributed by atoms with Crippen LogP contribution < -0.4 is 0 Å². The maximum absolute atomic E-state index is 9.59. The largest absolute Gasteiger partial charge is 0.508 e. The van der Waals surface area contributed by atoms with Gasteiger partial charge in [-0.25, -0.2) is 0 Å². The molecule has 1 aliphatic heterocycles. The lowest BCUT2D eigenvalue weighted by Gasteiger charge is -2.36. The van der Waals surface area contributed by atoms with E-state index in [1.807, 2.05) is 12.1 Å². The lowest BCUT2D eigenvalue weighted by atomic mass is 9.86. The van der Waals surface area contributed by atoms with E-state index in [1.54, 1.807) is 12.1 Å². The number of hydrogen-bond acceptors (Lipinski definition) is 3. The highest BCUT2D eigenvalue weighted by Gasteiger charge is 2.32. The number of amidine groups is 1. The molecule has 0 amide bonds. The molecule has 2 aromatic rings. The maximum Gasteiger partial charge on any atom is 0.131 e. The number of allylic oxidation sites excluding steroid dienone is 3. The fourth-order valence-corrected chi connectivity index (χ4v) is 3.74. The van der Waals surface area contributed by atoms with Crippen LogP contribution in [0, 0.1) is 5.92 Å². The molecule has 1 heterocycles. The van der Waals surface area contributed by atoms with E-state index in [4.69, 9.17) is 4.99 Å². The molecule has 3 nitrogen and oxygen atoms in total. The van der Waals surface area contributed by atoms with Crippen LogP contribution in [0.1, 0.15) is 23.6 Å². The van der Waals surface area contributed by atoms with Crippen molar-refractivity contribution in [1.82, 2.24) is 4.90 Å². The average Bonchev–Trinajstić information content (AvgIpc) is 3.14. The van der Waals surface area contributed by atoms with Crippen molar-refractivity contribution in [1.29, 1.82) is 0 Å². The van der Waals surface area contributed by atoms with Gasteiger partial charge >= 0.3 is 0 Å². The topological polar surface area (TPSA) is 35.8 Å². The molecule has 0 saturated carbocycles. The van der Waals surface area contributed by atoms with E-state index in [0.717, 1.165) is 30.9 Å². The Kier molecular flexibility index (Phi) is 4.38. The van der Waals surface area contributed by atoms with Crippen molar-refractivity contribution >= 4 is 5.84 Å².